The van der Waals surface area contributed by atoms with Gasteiger partial charge in [-0.3, -0.25) is 8.01 Å². The van der Waals surface area contributed by atoms with Gasteiger partial charge in [-0.25, -0.2) is 4.68 Å². The molecule has 1 unspecified atom stereocenters. The van der Waals surface area contributed by atoms with Crippen LogP contribution >= 0.6 is 34.2 Å². The lowest BCUT2D eigenvalue weighted by molar-refractivity contribution is 0.201. The van der Waals surface area contributed by atoms with Crippen LogP contribution < -0.4 is 5.43 Å². The monoisotopic (exact) mass is 534 g/mol. The van der Waals surface area contributed by atoms with E-state index in [9.17, 15) is 0 Å². The lowest BCUT2D eigenvalue weighted by Gasteiger charge is -2.40. The second-order valence-electron chi connectivity index (χ2n) is 7.64. The fourth-order valence-electron chi connectivity index (χ4n) is 3.87. The molecule has 0 aliphatic carbocycles. The van der Waals surface area contributed by atoms with Gasteiger partial charge < -0.3 is 5.43 Å². The first-order valence-electron chi connectivity index (χ1n) is 10.2. The zero-order chi connectivity index (χ0) is 21.1. The zero-order valence-corrected chi connectivity index (χ0v) is 20.5. The van der Waals surface area contributed by atoms with Crippen LogP contribution in [-0.2, 0) is 6.54 Å². The standard InChI is InChI=1S/C22H27IN6S/c1-16(2)20-19(15-29(26-20)17-8-5-4-6-9-17)21-22(25-24-3)28(23)12-11-27(21)14-18-10-7-13-30-18/h4-10,13,15-16,21,24H,11-12,14H2,1-3H3/b25-22-. The van der Waals surface area contributed by atoms with Gasteiger partial charge in [0.1, 0.15) is 0 Å². The Bertz CT molecular complexity index is 982. The Hall–Kier alpha value is -1.91. The molecule has 1 fully saturated rings. The van der Waals surface area contributed by atoms with Gasteiger partial charge in [0.2, 0.25) is 0 Å². The molecular weight excluding hydrogens is 507 g/mol. The SMILES string of the molecule is CN/N=C1/C(c2cn(-c3ccccc3)nc2C(C)C)N(Cc2cccs2)CCN1I. The number of benzene rings is 1. The number of hydrazone groups is 1. The highest BCUT2D eigenvalue weighted by molar-refractivity contribution is 14.1. The highest BCUT2D eigenvalue weighted by Gasteiger charge is 2.37. The van der Waals surface area contributed by atoms with Gasteiger partial charge in [-0.05, 0) is 29.5 Å². The number of amidine groups is 1. The Morgan fingerprint density at radius 2 is 2.00 bits per heavy atom. The molecule has 0 spiro atoms. The van der Waals surface area contributed by atoms with Crippen LogP contribution in [-0.4, -0.2) is 43.8 Å². The fourth-order valence-corrected chi connectivity index (χ4v) is 5.18. The third-order valence-corrected chi connectivity index (χ3v) is 7.08. The van der Waals surface area contributed by atoms with Gasteiger partial charge in [-0.1, -0.05) is 38.1 Å². The predicted octanol–water partition coefficient (Wildman–Crippen LogP) is 4.80. The topological polar surface area (TPSA) is 48.7 Å². The van der Waals surface area contributed by atoms with Crippen molar-refractivity contribution in [2.24, 2.45) is 5.10 Å². The maximum Gasteiger partial charge on any atom is 0.155 e. The molecule has 30 heavy (non-hydrogen) atoms. The van der Waals surface area contributed by atoms with E-state index in [0.717, 1.165) is 36.9 Å². The Balaban J connectivity index is 1.81. The summed E-state index contributed by atoms with van der Waals surface area (Å²) in [7, 11) is 1.86. The molecule has 0 bridgehead atoms. The Kier molecular flexibility index (Phi) is 6.74. The van der Waals surface area contributed by atoms with Gasteiger partial charge in [-0.15, -0.1) is 11.3 Å². The quantitative estimate of drug-likeness (QED) is 0.281. The molecule has 1 aliphatic heterocycles. The van der Waals surface area contributed by atoms with Gasteiger partial charge in [0.25, 0.3) is 0 Å². The maximum absolute atomic E-state index is 5.00. The van der Waals surface area contributed by atoms with Crippen LogP contribution in [0.5, 0.6) is 0 Å². The van der Waals surface area contributed by atoms with Crippen molar-refractivity contribution in [3.8, 4) is 5.69 Å². The molecule has 6 nitrogen and oxygen atoms in total. The Morgan fingerprint density at radius 1 is 1.20 bits per heavy atom. The smallest absolute Gasteiger partial charge is 0.155 e. The number of thiophene rings is 1. The van der Waals surface area contributed by atoms with Crippen molar-refractivity contribution in [2.45, 2.75) is 32.4 Å². The number of hydrogen-bond donors (Lipinski definition) is 1. The van der Waals surface area contributed by atoms with E-state index >= 15 is 0 Å². The summed E-state index contributed by atoms with van der Waals surface area (Å²) in [5.41, 5.74) is 6.44. The summed E-state index contributed by atoms with van der Waals surface area (Å²) in [6.45, 7) is 7.24. The first kappa shape index (κ1) is 21.3. The first-order valence-corrected chi connectivity index (χ1v) is 12.0. The molecule has 8 heteroatoms. The van der Waals surface area contributed by atoms with Crippen molar-refractivity contribution >= 4 is 40.0 Å². The van der Waals surface area contributed by atoms with E-state index in [2.05, 4.69) is 98.1 Å². The molecule has 1 atom stereocenters. The van der Waals surface area contributed by atoms with E-state index in [4.69, 9.17) is 10.2 Å². The average Bonchev–Trinajstić information content (AvgIpc) is 3.41. The van der Waals surface area contributed by atoms with Gasteiger partial charge in [0.15, 0.2) is 5.84 Å². The summed E-state index contributed by atoms with van der Waals surface area (Å²) in [6.07, 6.45) is 2.19. The first-order chi connectivity index (χ1) is 14.6. The number of aromatic nitrogens is 2. The number of nitrogens with one attached hydrogen (secondary N) is 1. The summed E-state index contributed by atoms with van der Waals surface area (Å²) in [6, 6.07) is 14.7. The number of halogens is 1. The van der Waals surface area contributed by atoms with Gasteiger partial charge in [0.05, 0.1) is 40.3 Å². The number of para-hydroxylation sites is 1. The minimum absolute atomic E-state index is 0.0417. The lowest BCUT2D eigenvalue weighted by atomic mass is 9.97. The molecule has 1 aliphatic rings. The van der Waals surface area contributed by atoms with Crippen molar-refractivity contribution in [1.82, 2.24) is 23.2 Å². The largest absolute Gasteiger partial charge is 0.311 e. The van der Waals surface area contributed by atoms with Gasteiger partial charge >= 0.3 is 0 Å². The highest BCUT2D eigenvalue weighted by Crippen LogP contribution is 2.35. The summed E-state index contributed by atoms with van der Waals surface area (Å²) in [5, 5.41) is 11.8. The fraction of sp³-hybridized carbons (Fsp3) is 0.364. The van der Waals surface area contributed by atoms with E-state index in [-0.39, 0.29) is 6.04 Å². The molecule has 2 aromatic heterocycles. The lowest BCUT2D eigenvalue weighted by Crippen LogP contribution is -2.48. The molecule has 0 saturated carbocycles. The molecule has 1 aromatic carbocycles. The molecule has 1 saturated heterocycles. The number of nitrogens with zero attached hydrogens (tertiary/aromatic N) is 5. The van der Waals surface area contributed by atoms with Crippen LogP contribution in [0.15, 0.2) is 59.1 Å². The van der Waals surface area contributed by atoms with E-state index in [0.29, 0.717) is 5.92 Å². The maximum atomic E-state index is 5.00. The molecule has 1 N–H and O–H groups in total. The van der Waals surface area contributed by atoms with Crippen molar-refractivity contribution < 1.29 is 0 Å². The predicted molar refractivity (Wildman–Crippen MR) is 132 cm³/mol. The Labute approximate surface area is 196 Å². The number of rotatable bonds is 6. The normalized spacial score (nSPS) is 19.0. The van der Waals surface area contributed by atoms with Crippen molar-refractivity contribution in [2.75, 3.05) is 20.1 Å². The van der Waals surface area contributed by atoms with Crippen LogP contribution in [0.3, 0.4) is 0 Å². The van der Waals surface area contributed by atoms with Gasteiger partial charge in [-0.2, -0.15) is 10.2 Å². The Morgan fingerprint density at radius 3 is 2.67 bits per heavy atom. The van der Waals surface area contributed by atoms with Crippen LogP contribution in [0.4, 0.5) is 0 Å². The van der Waals surface area contributed by atoms with Crippen LogP contribution in [0.2, 0.25) is 0 Å². The minimum Gasteiger partial charge on any atom is -0.311 e. The molecule has 0 radical (unpaired) electrons. The molecular formula is C22H27IN6S. The molecule has 3 aromatic rings. The van der Waals surface area contributed by atoms with Crippen LogP contribution in [0.1, 0.15) is 41.9 Å². The zero-order valence-electron chi connectivity index (χ0n) is 17.5. The van der Waals surface area contributed by atoms with Crippen molar-refractivity contribution in [3.05, 3.63) is 70.2 Å². The van der Waals surface area contributed by atoms with Gasteiger partial charge in [0, 0.05) is 43.3 Å². The van der Waals surface area contributed by atoms with E-state index in [1.165, 1.54) is 10.4 Å². The van der Waals surface area contributed by atoms with Crippen LogP contribution in [0.25, 0.3) is 5.69 Å². The van der Waals surface area contributed by atoms with Crippen molar-refractivity contribution in [1.29, 1.82) is 0 Å². The molecule has 3 heterocycles. The third-order valence-electron chi connectivity index (χ3n) is 5.24. The number of hydrogen-bond acceptors (Lipinski definition) is 5. The number of piperazine rings is 1. The second-order valence-corrected chi connectivity index (χ2v) is 9.83. The summed E-state index contributed by atoms with van der Waals surface area (Å²) in [5.74, 6) is 1.34. The second kappa shape index (κ2) is 9.49. The molecule has 0 amide bonds. The highest BCUT2D eigenvalue weighted by atomic mass is 127. The summed E-state index contributed by atoms with van der Waals surface area (Å²) < 4.78 is 4.24. The molecule has 158 valence electrons. The average molecular weight is 534 g/mol. The third kappa shape index (κ3) is 4.40. The molecule has 4 rings (SSSR count). The van der Waals surface area contributed by atoms with E-state index in [1.54, 1.807) is 0 Å². The van der Waals surface area contributed by atoms with Crippen LogP contribution in [0, 0.1) is 0 Å². The summed E-state index contributed by atoms with van der Waals surface area (Å²) in [4.78, 5) is 3.89. The summed E-state index contributed by atoms with van der Waals surface area (Å²) >= 11 is 4.19. The van der Waals surface area contributed by atoms with E-state index in [1.807, 2.05) is 29.1 Å². The minimum atomic E-state index is 0.0417. The van der Waals surface area contributed by atoms with Crippen molar-refractivity contribution in [3.63, 3.8) is 0 Å². The van der Waals surface area contributed by atoms with E-state index < -0.39 is 0 Å².